The quantitative estimate of drug-likeness (QED) is 0.622. The van der Waals surface area contributed by atoms with Crippen molar-refractivity contribution >= 4 is 37.8 Å². The van der Waals surface area contributed by atoms with E-state index in [1.807, 2.05) is 0 Å². The minimum atomic E-state index is -0.440. The van der Waals surface area contributed by atoms with Crippen LogP contribution in [-0.4, -0.2) is 19.7 Å². The molecule has 0 radical (unpaired) electrons. The zero-order valence-electron chi connectivity index (χ0n) is 8.42. The van der Waals surface area contributed by atoms with Crippen molar-refractivity contribution in [2.45, 2.75) is 0 Å². The molecular weight excluding hydrogens is 340 g/mol. The molecule has 5 heteroatoms. The first-order valence-corrected chi connectivity index (χ1v) is 5.83. The average molecular weight is 348 g/mol. The molecule has 0 fully saturated rings. The molecule has 1 aromatic carbocycles. The predicted molar refractivity (Wildman–Crippen MR) is 67.5 cm³/mol. The van der Waals surface area contributed by atoms with E-state index >= 15 is 0 Å². The van der Waals surface area contributed by atoms with Gasteiger partial charge in [-0.3, -0.25) is 0 Å². The summed E-state index contributed by atoms with van der Waals surface area (Å²) in [6.07, 6.45) is 5.10. The molecule has 1 rings (SSSR count). The van der Waals surface area contributed by atoms with E-state index in [2.05, 4.69) is 42.5 Å². The Morgan fingerprint density at radius 1 is 1.50 bits per heavy atom. The first-order chi connectivity index (χ1) is 7.61. The third-order valence-electron chi connectivity index (χ3n) is 1.75. The van der Waals surface area contributed by atoms with E-state index in [0.29, 0.717) is 20.3 Å². The summed E-state index contributed by atoms with van der Waals surface area (Å²) >= 11 is 6.59. The van der Waals surface area contributed by atoms with E-state index in [1.165, 1.54) is 7.11 Å². The molecule has 0 saturated carbocycles. The molecule has 3 nitrogen and oxygen atoms in total. The zero-order chi connectivity index (χ0) is 12.1. The van der Waals surface area contributed by atoms with Gasteiger partial charge >= 0.3 is 5.97 Å². The molecule has 0 unspecified atom stereocenters. The highest BCUT2D eigenvalue weighted by Gasteiger charge is 2.16. The first kappa shape index (κ1) is 13.1. The lowest BCUT2D eigenvalue weighted by atomic mass is 10.2. The summed E-state index contributed by atoms with van der Waals surface area (Å²) in [6.45, 7) is 0.127. The van der Waals surface area contributed by atoms with Gasteiger partial charge in [-0.2, -0.15) is 0 Å². The zero-order valence-corrected chi connectivity index (χ0v) is 11.6. The second-order valence-corrected chi connectivity index (χ2v) is 4.37. The fourth-order valence-electron chi connectivity index (χ4n) is 1.05. The van der Waals surface area contributed by atoms with Gasteiger partial charge in [-0.05, 0) is 44.0 Å². The Bertz CT molecular complexity index is 449. The Labute approximate surface area is 110 Å². The number of carbonyl (C=O) groups excluding carboxylic acids is 1. The molecule has 0 spiro atoms. The third kappa shape index (κ3) is 2.77. The number of ether oxygens (including phenoxy) is 2. The van der Waals surface area contributed by atoms with Gasteiger partial charge in [-0.25, -0.2) is 4.79 Å². The van der Waals surface area contributed by atoms with Crippen molar-refractivity contribution in [2.24, 2.45) is 0 Å². The van der Waals surface area contributed by atoms with Crippen molar-refractivity contribution < 1.29 is 14.3 Å². The number of esters is 1. The summed E-state index contributed by atoms with van der Waals surface area (Å²) in [7, 11) is 1.32. The number of halogens is 2. The molecule has 0 aliphatic carbocycles. The Balaban J connectivity index is 3.17. The standard InChI is InChI=1S/C11H8Br2O3/c1-3-6-16-10-8(12)5-4-7(9(10)13)11(14)15-2/h1,4-5H,6H2,2H3. The van der Waals surface area contributed by atoms with Gasteiger partial charge in [-0.15, -0.1) is 6.42 Å². The van der Waals surface area contributed by atoms with Crippen LogP contribution in [0.3, 0.4) is 0 Å². The highest BCUT2D eigenvalue weighted by atomic mass is 79.9. The molecule has 1 aromatic rings. The summed E-state index contributed by atoms with van der Waals surface area (Å²) in [6, 6.07) is 3.32. The average Bonchev–Trinajstić information content (AvgIpc) is 2.28. The van der Waals surface area contributed by atoms with Crippen LogP contribution in [0.5, 0.6) is 5.75 Å². The van der Waals surface area contributed by atoms with Crippen LogP contribution in [-0.2, 0) is 4.74 Å². The monoisotopic (exact) mass is 346 g/mol. The van der Waals surface area contributed by atoms with Gasteiger partial charge in [0.25, 0.3) is 0 Å². The predicted octanol–water partition coefficient (Wildman–Crippen LogP) is 3.01. The summed E-state index contributed by atoms with van der Waals surface area (Å²) < 4.78 is 11.2. The topological polar surface area (TPSA) is 35.5 Å². The second kappa shape index (κ2) is 5.92. The normalized spacial score (nSPS) is 9.38. The highest BCUT2D eigenvalue weighted by Crippen LogP contribution is 2.36. The molecular formula is C11H8Br2O3. The van der Waals surface area contributed by atoms with Crippen molar-refractivity contribution in [3.8, 4) is 18.1 Å². The fraction of sp³-hybridized carbons (Fsp3) is 0.182. The van der Waals surface area contributed by atoms with Crippen molar-refractivity contribution in [1.82, 2.24) is 0 Å². The van der Waals surface area contributed by atoms with Crippen molar-refractivity contribution in [3.63, 3.8) is 0 Å². The molecule has 0 N–H and O–H groups in total. The number of methoxy groups -OCH3 is 1. The Morgan fingerprint density at radius 3 is 2.75 bits per heavy atom. The van der Waals surface area contributed by atoms with Crippen LogP contribution in [0.2, 0.25) is 0 Å². The van der Waals surface area contributed by atoms with Gasteiger partial charge in [-0.1, -0.05) is 5.92 Å². The van der Waals surface area contributed by atoms with Crippen LogP contribution in [0.25, 0.3) is 0 Å². The van der Waals surface area contributed by atoms with Gasteiger partial charge in [0.1, 0.15) is 12.4 Å². The number of rotatable bonds is 3. The van der Waals surface area contributed by atoms with Gasteiger partial charge < -0.3 is 9.47 Å². The van der Waals surface area contributed by atoms with E-state index in [9.17, 15) is 4.79 Å². The van der Waals surface area contributed by atoms with Gasteiger partial charge in [0, 0.05) is 0 Å². The van der Waals surface area contributed by atoms with Crippen LogP contribution in [0.4, 0.5) is 0 Å². The smallest absolute Gasteiger partial charge is 0.339 e. The van der Waals surface area contributed by atoms with E-state index < -0.39 is 5.97 Å². The van der Waals surface area contributed by atoms with Crippen LogP contribution in [0.1, 0.15) is 10.4 Å². The molecule has 0 aliphatic heterocycles. The van der Waals surface area contributed by atoms with Gasteiger partial charge in [0.15, 0.2) is 0 Å². The SMILES string of the molecule is C#CCOc1c(Br)ccc(C(=O)OC)c1Br. The maximum Gasteiger partial charge on any atom is 0.339 e. The summed E-state index contributed by atoms with van der Waals surface area (Å²) in [5, 5.41) is 0. The highest BCUT2D eigenvalue weighted by molar-refractivity contribution is 9.11. The van der Waals surface area contributed by atoms with Crippen LogP contribution >= 0.6 is 31.9 Å². The summed E-state index contributed by atoms with van der Waals surface area (Å²) in [4.78, 5) is 11.4. The molecule has 0 atom stereocenters. The minimum Gasteiger partial charge on any atom is -0.479 e. The lowest BCUT2D eigenvalue weighted by Crippen LogP contribution is -2.04. The molecule has 16 heavy (non-hydrogen) atoms. The number of benzene rings is 1. The fourth-order valence-corrected chi connectivity index (χ4v) is 2.38. The van der Waals surface area contributed by atoms with Gasteiger partial charge in [0.2, 0.25) is 0 Å². The van der Waals surface area contributed by atoms with E-state index in [4.69, 9.17) is 11.2 Å². The van der Waals surface area contributed by atoms with E-state index in [1.54, 1.807) is 12.1 Å². The molecule has 0 aromatic heterocycles. The Hall–Kier alpha value is -0.990. The number of carbonyl (C=O) groups is 1. The number of hydrogen-bond donors (Lipinski definition) is 0. The number of hydrogen-bond acceptors (Lipinski definition) is 3. The van der Waals surface area contributed by atoms with E-state index in [-0.39, 0.29) is 6.61 Å². The van der Waals surface area contributed by atoms with Crippen molar-refractivity contribution in [3.05, 3.63) is 26.6 Å². The molecule has 0 bridgehead atoms. The minimum absolute atomic E-state index is 0.127. The summed E-state index contributed by atoms with van der Waals surface area (Å²) in [5.74, 6) is 2.40. The first-order valence-electron chi connectivity index (χ1n) is 4.24. The summed E-state index contributed by atoms with van der Waals surface area (Å²) in [5.41, 5.74) is 0.387. The molecule has 0 amide bonds. The third-order valence-corrected chi connectivity index (χ3v) is 3.17. The molecule has 84 valence electrons. The lowest BCUT2D eigenvalue weighted by Gasteiger charge is -2.10. The van der Waals surface area contributed by atoms with Crippen LogP contribution < -0.4 is 4.74 Å². The van der Waals surface area contributed by atoms with E-state index in [0.717, 1.165) is 0 Å². The molecule has 0 heterocycles. The van der Waals surface area contributed by atoms with Crippen LogP contribution in [0, 0.1) is 12.3 Å². The van der Waals surface area contributed by atoms with Crippen molar-refractivity contribution in [1.29, 1.82) is 0 Å². The Morgan fingerprint density at radius 2 is 2.19 bits per heavy atom. The molecule has 0 saturated heterocycles. The van der Waals surface area contributed by atoms with Crippen molar-refractivity contribution in [2.75, 3.05) is 13.7 Å². The second-order valence-electron chi connectivity index (χ2n) is 2.72. The largest absolute Gasteiger partial charge is 0.479 e. The molecule has 0 aliphatic rings. The maximum absolute atomic E-state index is 11.4. The maximum atomic E-state index is 11.4. The van der Waals surface area contributed by atoms with Crippen LogP contribution in [0.15, 0.2) is 21.1 Å². The number of terminal acetylenes is 1. The Kier molecular flexibility index (Phi) is 4.84. The van der Waals surface area contributed by atoms with Gasteiger partial charge in [0.05, 0.1) is 21.6 Å². The lowest BCUT2D eigenvalue weighted by molar-refractivity contribution is 0.0599.